The number of hydrogen-bond donors (Lipinski definition) is 1. The van der Waals surface area contributed by atoms with Crippen LogP contribution in [-0.4, -0.2) is 48.3 Å². The highest BCUT2D eigenvalue weighted by Gasteiger charge is 2.15. The first kappa shape index (κ1) is 24.3. The van der Waals surface area contributed by atoms with Crippen LogP contribution < -0.4 is 10.1 Å². The summed E-state index contributed by atoms with van der Waals surface area (Å²) >= 11 is 0. The molecule has 0 saturated carbocycles. The number of amides is 1. The molecule has 0 saturated heterocycles. The lowest BCUT2D eigenvalue weighted by Crippen LogP contribution is -2.33. The van der Waals surface area contributed by atoms with E-state index in [1.165, 1.54) is 11.1 Å². The first-order valence-electron chi connectivity index (χ1n) is 11.1. The summed E-state index contributed by atoms with van der Waals surface area (Å²) in [6, 6.07) is 16.5. The number of likely N-dealkylation sites (N-methyl/N-ethyl adjacent to an activating group) is 1. The van der Waals surface area contributed by atoms with E-state index in [9.17, 15) is 4.79 Å². The van der Waals surface area contributed by atoms with Crippen molar-refractivity contribution >= 4 is 12.0 Å². The maximum absolute atomic E-state index is 12.6. The lowest BCUT2D eigenvalue weighted by atomic mass is 10.1. The topological polar surface area (TPSA) is 59.4 Å². The fourth-order valence-corrected chi connectivity index (χ4v) is 3.81. The molecule has 0 fully saturated rings. The van der Waals surface area contributed by atoms with E-state index >= 15 is 0 Å². The average Bonchev–Trinajstić information content (AvgIpc) is 3.06. The Morgan fingerprint density at radius 3 is 2.36 bits per heavy atom. The predicted molar refractivity (Wildman–Crippen MR) is 133 cm³/mol. The number of benzene rings is 2. The summed E-state index contributed by atoms with van der Waals surface area (Å²) in [5.74, 6) is 0.692. The number of nitrogens with zero attached hydrogens (tertiary/aromatic N) is 3. The SMILES string of the molecule is COc1ccc(C(CNC(=O)/C=C/c2c(C)nn(Cc3ccc(C)cc3)c2C)N(C)C)cc1. The molecule has 3 rings (SSSR count). The third-order valence-corrected chi connectivity index (χ3v) is 5.89. The number of nitrogens with one attached hydrogen (secondary N) is 1. The van der Waals surface area contributed by atoms with Crippen LogP contribution in [0.5, 0.6) is 5.75 Å². The van der Waals surface area contributed by atoms with Crippen LogP contribution >= 0.6 is 0 Å². The van der Waals surface area contributed by atoms with E-state index in [4.69, 9.17) is 4.74 Å². The monoisotopic (exact) mass is 446 g/mol. The van der Waals surface area contributed by atoms with Crippen molar-refractivity contribution < 1.29 is 9.53 Å². The molecule has 6 heteroatoms. The van der Waals surface area contributed by atoms with E-state index in [-0.39, 0.29) is 11.9 Å². The van der Waals surface area contributed by atoms with Crippen molar-refractivity contribution in [1.29, 1.82) is 0 Å². The van der Waals surface area contributed by atoms with Gasteiger partial charge in [-0.3, -0.25) is 9.48 Å². The van der Waals surface area contributed by atoms with Crippen molar-refractivity contribution in [2.24, 2.45) is 0 Å². The largest absolute Gasteiger partial charge is 0.497 e. The van der Waals surface area contributed by atoms with Gasteiger partial charge < -0.3 is 15.0 Å². The molecule has 174 valence electrons. The van der Waals surface area contributed by atoms with E-state index in [1.807, 2.05) is 63.0 Å². The Balaban J connectivity index is 1.64. The molecule has 2 aromatic carbocycles. The van der Waals surface area contributed by atoms with Gasteiger partial charge in [0.25, 0.3) is 0 Å². The highest BCUT2D eigenvalue weighted by molar-refractivity contribution is 5.92. The number of aromatic nitrogens is 2. The fourth-order valence-electron chi connectivity index (χ4n) is 3.81. The highest BCUT2D eigenvalue weighted by Crippen LogP contribution is 2.21. The van der Waals surface area contributed by atoms with Gasteiger partial charge >= 0.3 is 0 Å². The van der Waals surface area contributed by atoms with Crippen molar-refractivity contribution in [2.75, 3.05) is 27.7 Å². The zero-order valence-electron chi connectivity index (χ0n) is 20.4. The van der Waals surface area contributed by atoms with Gasteiger partial charge in [-0.05, 0) is 64.2 Å². The Kier molecular flexibility index (Phi) is 8.06. The molecule has 6 nitrogen and oxygen atoms in total. The van der Waals surface area contributed by atoms with Crippen LogP contribution in [0.15, 0.2) is 54.6 Å². The molecule has 1 amide bonds. The van der Waals surface area contributed by atoms with Crippen LogP contribution in [-0.2, 0) is 11.3 Å². The van der Waals surface area contributed by atoms with Crippen molar-refractivity contribution in [3.8, 4) is 5.75 Å². The summed E-state index contributed by atoms with van der Waals surface area (Å²) in [5, 5.41) is 7.70. The van der Waals surface area contributed by atoms with Crippen molar-refractivity contribution in [1.82, 2.24) is 20.0 Å². The second kappa shape index (κ2) is 11.0. The average molecular weight is 447 g/mol. The number of aryl methyl sites for hydroxylation is 2. The van der Waals surface area contributed by atoms with Gasteiger partial charge in [-0.1, -0.05) is 42.0 Å². The van der Waals surface area contributed by atoms with Crippen LogP contribution in [0.2, 0.25) is 0 Å². The van der Waals surface area contributed by atoms with Gasteiger partial charge in [0, 0.05) is 23.9 Å². The molecule has 1 heterocycles. The second-order valence-corrected chi connectivity index (χ2v) is 8.56. The molecule has 1 unspecified atom stereocenters. The molecule has 33 heavy (non-hydrogen) atoms. The van der Waals surface area contributed by atoms with Crippen LogP contribution in [0.3, 0.4) is 0 Å². The molecule has 0 bridgehead atoms. The molecule has 0 aliphatic heterocycles. The molecule has 1 aromatic heterocycles. The minimum atomic E-state index is -0.125. The number of ether oxygens (including phenoxy) is 1. The Morgan fingerprint density at radius 2 is 1.76 bits per heavy atom. The van der Waals surface area contributed by atoms with Gasteiger partial charge in [-0.25, -0.2) is 0 Å². The second-order valence-electron chi connectivity index (χ2n) is 8.56. The predicted octanol–water partition coefficient (Wildman–Crippen LogP) is 4.30. The van der Waals surface area contributed by atoms with Crippen LogP contribution in [0.4, 0.5) is 0 Å². The molecule has 1 atom stereocenters. The molecule has 3 aromatic rings. The van der Waals surface area contributed by atoms with Crippen LogP contribution in [0.25, 0.3) is 6.08 Å². The summed E-state index contributed by atoms with van der Waals surface area (Å²) in [7, 11) is 5.67. The molecular weight excluding hydrogens is 412 g/mol. The van der Waals surface area contributed by atoms with E-state index in [0.717, 1.165) is 28.3 Å². The smallest absolute Gasteiger partial charge is 0.244 e. The van der Waals surface area contributed by atoms with Gasteiger partial charge in [0.1, 0.15) is 5.75 Å². The van der Waals surface area contributed by atoms with Crippen LogP contribution in [0.1, 0.15) is 39.7 Å². The van der Waals surface area contributed by atoms with Gasteiger partial charge in [0.15, 0.2) is 0 Å². The summed E-state index contributed by atoms with van der Waals surface area (Å²) in [6.45, 7) is 7.31. The molecule has 0 radical (unpaired) electrons. The van der Waals surface area contributed by atoms with Gasteiger partial charge in [-0.15, -0.1) is 0 Å². The Labute approximate surface area is 196 Å². The lowest BCUT2D eigenvalue weighted by Gasteiger charge is -2.25. The number of methoxy groups -OCH3 is 1. The van der Waals surface area contributed by atoms with E-state index in [1.54, 1.807) is 13.2 Å². The van der Waals surface area contributed by atoms with Crippen molar-refractivity contribution in [3.63, 3.8) is 0 Å². The minimum absolute atomic E-state index is 0.0639. The molecular formula is C27H34N4O2. The summed E-state index contributed by atoms with van der Waals surface area (Å²) in [6.07, 6.45) is 3.45. The molecule has 0 aliphatic rings. The minimum Gasteiger partial charge on any atom is -0.497 e. The van der Waals surface area contributed by atoms with E-state index in [0.29, 0.717) is 13.1 Å². The number of carbonyl (C=O) groups is 1. The Morgan fingerprint density at radius 1 is 1.09 bits per heavy atom. The van der Waals surface area contributed by atoms with Crippen molar-refractivity contribution in [2.45, 2.75) is 33.4 Å². The number of hydrogen-bond acceptors (Lipinski definition) is 4. The fraction of sp³-hybridized carbons (Fsp3) is 0.333. The summed E-state index contributed by atoms with van der Waals surface area (Å²) < 4.78 is 7.23. The van der Waals surface area contributed by atoms with Crippen molar-refractivity contribution in [3.05, 3.63) is 88.2 Å². The van der Waals surface area contributed by atoms with E-state index < -0.39 is 0 Å². The maximum Gasteiger partial charge on any atom is 0.244 e. The normalized spacial score (nSPS) is 12.3. The standard InChI is InChI=1S/C27H34N4O2/c1-19-7-9-22(10-8-19)18-31-21(3)25(20(2)29-31)15-16-27(32)28-17-26(30(4)5)23-11-13-24(33-6)14-12-23/h7-16,26H,17-18H2,1-6H3,(H,28,32)/b16-15+. The van der Waals surface area contributed by atoms with Gasteiger partial charge in [-0.2, -0.15) is 5.10 Å². The number of rotatable bonds is 9. The maximum atomic E-state index is 12.6. The summed E-state index contributed by atoms with van der Waals surface area (Å²) in [4.78, 5) is 14.7. The Bertz CT molecular complexity index is 1100. The zero-order valence-corrected chi connectivity index (χ0v) is 20.4. The molecule has 0 aliphatic carbocycles. The first-order valence-corrected chi connectivity index (χ1v) is 11.1. The zero-order chi connectivity index (χ0) is 24.0. The molecule has 0 spiro atoms. The first-order chi connectivity index (χ1) is 15.8. The Hall–Kier alpha value is -3.38. The lowest BCUT2D eigenvalue weighted by molar-refractivity contribution is -0.116. The molecule has 1 N–H and O–H groups in total. The van der Waals surface area contributed by atoms with Crippen LogP contribution in [0, 0.1) is 20.8 Å². The summed E-state index contributed by atoms with van der Waals surface area (Å²) in [5.41, 5.74) is 6.50. The number of carbonyl (C=O) groups excluding carboxylic acids is 1. The third-order valence-electron chi connectivity index (χ3n) is 5.89. The van der Waals surface area contributed by atoms with Gasteiger partial charge in [0.05, 0.1) is 25.4 Å². The highest BCUT2D eigenvalue weighted by atomic mass is 16.5. The van der Waals surface area contributed by atoms with Gasteiger partial charge in [0.2, 0.25) is 5.91 Å². The third kappa shape index (κ3) is 6.33. The quantitative estimate of drug-likeness (QED) is 0.498. The van der Waals surface area contributed by atoms with E-state index in [2.05, 4.69) is 46.5 Å².